The van der Waals surface area contributed by atoms with Gasteiger partial charge in [-0.05, 0) is 35.4 Å². The van der Waals surface area contributed by atoms with E-state index in [1.165, 1.54) is 19.2 Å². The van der Waals surface area contributed by atoms with Gasteiger partial charge in [-0.25, -0.2) is 4.79 Å². The van der Waals surface area contributed by atoms with Crippen LogP contribution in [0.4, 0.5) is 5.69 Å². The van der Waals surface area contributed by atoms with Crippen molar-refractivity contribution in [3.63, 3.8) is 0 Å². The molecule has 8 heteroatoms. The molecule has 0 saturated carbocycles. The Labute approximate surface area is 102 Å². The molecular weight excluding hydrogens is 238 g/mol. The number of aromatic nitrogens is 4. The number of tetrazole rings is 1. The summed E-state index contributed by atoms with van der Waals surface area (Å²) in [5, 5.41) is 18.1. The van der Waals surface area contributed by atoms with Crippen LogP contribution in [0, 0.1) is 24.0 Å². The molecule has 0 atom stereocenters. The van der Waals surface area contributed by atoms with Crippen LogP contribution in [0.5, 0.6) is 0 Å². The van der Waals surface area contributed by atoms with Crippen molar-refractivity contribution in [2.24, 2.45) is 7.05 Å². The molecule has 0 aliphatic rings. The van der Waals surface area contributed by atoms with E-state index in [1.807, 2.05) is 0 Å². The van der Waals surface area contributed by atoms with Crippen molar-refractivity contribution in [2.75, 3.05) is 0 Å². The first kappa shape index (κ1) is 12.0. The summed E-state index contributed by atoms with van der Waals surface area (Å²) in [5.41, 5.74) is 1.32. The largest absolute Gasteiger partial charge is 0.368 e. The predicted molar refractivity (Wildman–Crippen MR) is 62.7 cm³/mol. The van der Waals surface area contributed by atoms with Crippen LogP contribution in [-0.4, -0.2) is 24.7 Å². The highest BCUT2D eigenvalue weighted by Crippen LogP contribution is 2.23. The lowest BCUT2D eigenvalue weighted by molar-refractivity contribution is -0.384. The maximum absolute atomic E-state index is 11.7. The lowest BCUT2D eigenvalue weighted by Crippen LogP contribution is -2.22. The summed E-state index contributed by atoms with van der Waals surface area (Å²) >= 11 is 0. The molecule has 1 heterocycles. The van der Waals surface area contributed by atoms with Crippen LogP contribution in [-0.2, 0) is 7.05 Å². The Morgan fingerprint density at radius 1 is 1.28 bits per heavy atom. The molecule has 0 radical (unpaired) electrons. The van der Waals surface area contributed by atoms with Gasteiger partial charge in [0, 0.05) is 19.2 Å². The Balaban J connectivity index is 2.74. The SMILES string of the molecule is Cc1cc([N+](=O)[O-])cc(-n2nnn(C)c2=O)c1C. The van der Waals surface area contributed by atoms with Crippen molar-refractivity contribution < 1.29 is 4.92 Å². The fraction of sp³-hybridized carbons (Fsp3) is 0.300. The first-order valence-corrected chi connectivity index (χ1v) is 5.17. The minimum Gasteiger partial charge on any atom is -0.258 e. The van der Waals surface area contributed by atoms with Gasteiger partial charge in [-0.2, -0.15) is 9.36 Å². The van der Waals surface area contributed by atoms with Gasteiger partial charge >= 0.3 is 5.69 Å². The third kappa shape index (κ3) is 1.77. The summed E-state index contributed by atoms with van der Waals surface area (Å²) in [6.45, 7) is 3.52. The van der Waals surface area contributed by atoms with Crippen LogP contribution in [0.1, 0.15) is 11.1 Å². The summed E-state index contributed by atoms with van der Waals surface area (Å²) in [6, 6.07) is 2.78. The molecule has 0 aliphatic heterocycles. The zero-order valence-electron chi connectivity index (χ0n) is 10.1. The first-order chi connectivity index (χ1) is 8.41. The van der Waals surface area contributed by atoms with Gasteiger partial charge in [0.2, 0.25) is 0 Å². The van der Waals surface area contributed by atoms with Crippen LogP contribution in [0.15, 0.2) is 16.9 Å². The number of nitrogens with zero attached hydrogens (tertiary/aromatic N) is 5. The maximum Gasteiger partial charge on any atom is 0.368 e. The molecule has 94 valence electrons. The standard InChI is InChI=1S/C10H11N5O3/c1-6-4-8(15(17)18)5-9(7(6)2)14-10(16)13(3)11-12-14/h4-5H,1-3H3. The average Bonchev–Trinajstić information content (AvgIpc) is 2.63. The summed E-state index contributed by atoms with van der Waals surface area (Å²) in [6.07, 6.45) is 0. The molecule has 0 bridgehead atoms. The molecule has 0 aliphatic carbocycles. The summed E-state index contributed by atoms with van der Waals surface area (Å²) in [4.78, 5) is 22.1. The van der Waals surface area contributed by atoms with Crippen molar-refractivity contribution in [3.05, 3.63) is 43.9 Å². The normalized spacial score (nSPS) is 10.6. The van der Waals surface area contributed by atoms with E-state index in [2.05, 4.69) is 10.4 Å². The lowest BCUT2D eigenvalue weighted by atomic mass is 10.1. The highest BCUT2D eigenvalue weighted by atomic mass is 16.6. The zero-order chi connectivity index (χ0) is 13.4. The monoisotopic (exact) mass is 249 g/mol. The Bertz CT molecular complexity index is 685. The number of hydrogen-bond donors (Lipinski definition) is 0. The first-order valence-electron chi connectivity index (χ1n) is 5.17. The van der Waals surface area contributed by atoms with E-state index in [0.29, 0.717) is 5.69 Å². The molecule has 0 unspecified atom stereocenters. The van der Waals surface area contributed by atoms with E-state index in [-0.39, 0.29) is 5.69 Å². The molecule has 0 saturated heterocycles. The van der Waals surface area contributed by atoms with Crippen LogP contribution in [0.25, 0.3) is 5.69 Å². The fourth-order valence-electron chi connectivity index (χ4n) is 1.61. The zero-order valence-corrected chi connectivity index (χ0v) is 10.1. The molecular formula is C10H11N5O3. The Hall–Kier alpha value is -2.51. The topological polar surface area (TPSA) is 95.8 Å². The predicted octanol–water partition coefficient (Wildman–Crippen LogP) is 0.491. The average molecular weight is 249 g/mol. The van der Waals surface area contributed by atoms with Crippen LogP contribution in [0.3, 0.4) is 0 Å². The van der Waals surface area contributed by atoms with Gasteiger partial charge < -0.3 is 0 Å². The van der Waals surface area contributed by atoms with Gasteiger partial charge in [0.15, 0.2) is 0 Å². The third-order valence-electron chi connectivity index (χ3n) is 2.79. The number of benzene rings is 1. The molecule has 1 aromatic heterocycles. The molecule has 0 N–H and O–H groups in total. The number of rotatable bonds is 2. The van der Waals surface area contributed by atoms with Crippen LogP contribution >= 0.6 is 0 Å². The molecule has 0 fully saturated rings. The number of nitro groups is 1. The van der Waals surface area contributed by atoms with Crippen LogP contribution < -0.4 is 5.69 Å². The van der Waals surface area contributed by atoms with Crippen molar-refractivity contribution in [1.29, 1.82) is 0 Å². The second-order valence-electron chi connectivity index (χ2n) is 3.96. The number of nitro benzene ring substituents is 1. The molecule has 2 rings (SSSR count). The quantitative estimate of drug-likeness (QED) is 0.570. The minimum atomic E-state index is -0.503. The van der Waals surface area contributed by atoms with Gasteiger partial charge in [-0.3, -0.25) is 10.1 Å². The van der Waals surface area contributed by atoms with E-state index in [4.69, 9.17) is 0 Å². The van der Waals surface area contributed by atoms with E-state index < -0.39 is 10.6 Å². The van der Waals surface area contributed by atoms with E-state index in [0.717, 1.165) is 20.5 Å². The molecule has 0 spiro atoms. The molecule has 8 nitrogen and oxygen atoms in total. The van der Waals surface area contributed by atoms with E-state index in [9.17, 15) is 14.9 Å². The Morgan fingerprint density at radius 3 is 2.44 bits per heavy atom. The highest BCUT2D eigenvalue weighted by molar-refractivity contribution is 5.52. The van der Waals surface area contributed by atoms with Crippen molar-refractivity contribution in [3.8, 4) is 5.69 Å². The number of non-ortho nitro benzene ring substituents is 1. The molecule has 0 amide bonds. The number of aryl methyl sites for hydroxylation is 2. The number of hydrogen-bond acceptors (Lipinski definition) is 5. The third-order valence-corrected chi connectivity index (χ3v) is 2.79. The van der Waals surface area contributed by atoms with Crippen LogP contribution in [0.2, 0.25) is 0 Å². The Kier molecular flexibility index (Phi) is 2.70. The molecule has 1 aromatic carbocycles. The van der Waals surface area contributed by atoms with Gasteiger partial charge in [-0.1, -0.05) is 0 Å². The second-order valence-corrected chi connectivity index (χ2v) is 3.96. The van der Waals surface area contributed by atoms with Crippen molar-refractivity contribution >= 4 is 5.69 Å². The lowest BCUT2D eigenvalue weighted by Gasteiger charge is -2.06. The second kappa shape index (κ2) is 4.06. The van der Waals surface area contributed by atoms with Gasteiger partial charge in [0.25, 0.3) is 5.69 Å². The summed E-state index contributed by atoms with van der Waals surface area (Å²) < 4.78 is 2.11. The maximum atomic E-state index is 11.7. The molecule has 2 aromatic rings. The van der Waals surface area contributed by atoms with E-state index in [1.54, 1.807) is 13.8 Å². The Morgan fingerprint density at radius 2 is 1.94 bits per heavy atom. The van der Waals surface area contributed by atoms with Crippen molar-refractivity contribution in [1.82, 2.24) is 19.8 Å². The smallest absolute Gasteiger partial charge is 0.258 e. The van der Waals surface area contributed by atoms with Gasteiger partial charge in [0.05, 0.1) is 10.6 Å². The van der Waals surface area contributed by atoms with Gasteiger partial charge in [0.1, 0.15) is 0 Å². The highest BCUT2D eigenvalue weighted by Gasteiger charge is 2.16. The van der Waals surface area contributed by atoms with Gasteiger partial charge in [-0.15, -0.1) is 0 Å². The van der Waals surface area contributed by atoms with Crippen molar-refractivity contribution in [2.45, 2.75) is 13.8 Å². The van der Waals surface area contributed by atoms with E-state index >= 15 is 0 Å². The summed E-state index contributed by atoms with van der Waals surface area (Å²) in [7, 11) is 1.46. The molecule has 18 heavy (non-hydrogen) atoms. The summed E-state index contributed by atoms with van der Waals surface area (Å²) in [5.74, 6) is 0. The fourth-order valence-corrected chi connectivity index (χ4v) is 1.61. The minimum absolute atomic E-state index is 0.0781.